The highest BCUT2D eigenvalue weighted by molar-refractivity contribution is 7.14. The molecule has 1 N–H and O–H groups in total. The Bertz CT molecular complexity index is 477. The fourth-order valence-electron chi connectivity index (χ4n) is 3.58. The summed E-state index contributed by atoms with van der Waals surface area (Å²) in [6.07, 6.45) is 8.74. The molecule has 0 radical (unpaired) electrons. The summed E-state index contributed by atoms with van der Waals surface area (Å²) >= 11 is 1.76. The van der Waals surface area contributed by atoms with Gasteiger partial charge in [0.25, 0.3) is 5.91 Å². The van der Waals surface area contributed by atoms with Crippen LogP contribution in [0.4, 0.5) is 0 Å². The summed E-state index contributed by atoms with van der Waals surface area (Å²) in [5.41, 5.74) is 1.45. The SMILES string of the molecule is CNCC1CCN(C(=O)c2cc3c(s2)CCCCCC3)C1.Cl. The first-order valence-electron chi connectivity index (χ1n) is 8.33. The van der Waals surface area contributed by atoms with Gasteiger partial charge in [0.05, 0.1) is 4.88 Å². The molecule has 5 heteroatoms. The molecule has 0 aromatic carbocycles. The molecule has 124 valence electrons. The third kappa shape index (κ3) is 4.03. The van der Waals surface area contributed by atoms with Crippen molar-refractivity contribution in [1.82, 2.24) is 10.2 Å². The largest absolute Gasteiger partial charge is 0.338 e. The number of hydrogen-bond acceptors (Lipinski definition) is 3. The predicted octanol–water partition coefficient (Wildman–Crippen LogP) is 3.51. The van der Waals surface area contributed by atoms with Crippen LogP contribution in [0, 0.1) is 5.92 Å². The van der Waals surface area contributed by atoms with Gasteiger partial charge in [0.2, 0.25) is 0 Å². The molecule has 1 fully saturated rings. The van der Waals surface area contributed by atoms with Crippen LogP contribution in [0.2, 0.25) is 0 Å². The number of fused-ring (bicyclic) bond motifs is 1. The van der Waals surface area contributed by atoms with Crippen LogP contribution >= 0.6 is 23.7 Å². The second kappa shape index (κ2) is 8.32. The number of amides is 1. The van der Waals surface area contributed by atoms with E-state index in [1.807, 2.05) is 7.05 Å². The molecule has 22 heavy (non-hydrogen) atoms. The molecule has 2 heterocycles. The van der Waals surface area contributed by atoms with Gasteiger partial charge in [-0.2, -0.15) is 0 Å². The standard InChI is InChI=1S/C17H26N2OS.ClH/c1-18-11-13-8-9-19(12-13)17(20)16-10-14-6-4-2-3-5-7-15(14)21-16;/h10,13,18H,2-9,11-12H2,1H3;1H. The van der Waals surface area contributed by atoms with E-state index < -0.39 is 0 Å². The van der Waals surface area contributed by atoms with Crippen LogP contribution in [-0.2, 0) is 12.8 Å². The van der Waals surface area contributed by atoms with Gasteiger partial charge in [-0.25, -0.2) is 0 Å². The van der Waals surface area contributed by atoms with Gasteiger partial charge in [-0.3, -0.25) is 4.79 Å². The van der Waals surface area contributed by atoms with Crippen molar-refractivity contribution in [2.45, 2.75) is 44.9 Å². The lowest BCUT2D eigenvalue weighted by atomic mass is 10.00. The molecule has 1 aromatic rings. The van der Waals surface area contributed by atoms with Gasteiger partial charge in [-0.15, -0.1) is 23.7 Å². The van der Waals surface area contributed by atoms with Crippen molar-refractivity contribution in [2.24, 2.45) is 5.92 Å². The highest BCUT2D eigenvalue weighted by Crippen LogP contribution is 2.30. The second-order valence-corrected chi connectivity index (χ2v) is 7.57. The fourth-order valence-corrected chi connectivity index (χ4v) is 4.80. The van der Waals surface area contributed by atoms with Crippen molar-refractivity contribution in [3.63, 3.8) is 0 Å². The molecular weight excluding hydrogens is 316 g/mol. The molecule has 1 atom stereocenters. The Labute approximate surface area is 143 Å². The van der Waals surface area contributed by atoms with Gasteiger partial charge in [0, 0.05) is 18.0 Å². The fraction of sp³-hybridized carbons (Fsp3) is 0.706. The molecule has 3 nitrogen and oxygen atoms in total. The molecule has 0 saturated carbocycles. The first-order chi connectivity index (χ1) is 10.3. The van der Waals surface area contributed by atoms with Crippen molar-refractivity contribution in [3.8, 4) is 0 Å². The number of rotatable bonds is 3. The monoisotopic (exact) mass is 342 g/mol. The Morgan fingerprint density at radius 1 is 1.32 bits per heavy atom. The lowest BCUT2D eigenvalue weighted by Gasteiger charge is -2.15. The molecule has 1 aromatic heterocycles. The van der Waals surface area contributed by atoms with E-state index in [9.17, 15) is 4.79 Å². The lowest BCUT2D eigenvalue weighted by molar-refractivity contribution is 0.0792. The Hall–Kier alpha value is -0.580. The average molecular weight is 343 g/mol. The van der Waals surface area contributed by atoms with E-state index in [4.69, 9.17) is 0 Å². The van der Waals surface area contributed by atoms with Crippen LogP contribution in [-0.4, -0.2) is 37.5 Å². The molecular formula is C17H27ClN2OS. The topological polar surface area (TPSA) is 32.3 Å². The minimum absolute atomic E-state index is 0. The molecule has 3 rings (SSSR count). The minimum atomic E-state index is 0. The molecule has 1 aliphatic heterocycles. The number of likely N-dealkylation sites (tertiary alicyclic amines) is 1. The van der Waals surface area contributed by atoms with E-state index in [2.05, 4.69) is 16.3 Å². The molecule has 1 saturated heterocycles. The van der Waals surface area contributed by atoms with Crippen molar-refractivity contribution in [3.05, 3.63) is 21.4 Å². The highest BCUT2D eigenvalue weighted by Gasteiger charge is 2.28. The van der Waals surface area contributed by atoms with Crippen LogP contribution in [0.25, 0.3) is 0 Å². The van der Waals surface area contributed by atoms with Crippen molar-refractivity contribution >= 4 is 29.7 Å². The molecule has 1 aliphatic carbocycles. The van der Waals surface area contributed by atoms with Gasteiger partial charge in [-0.05, 0) is 63.2 Å². The Balaban J connectivity index is 0.00000176. The highest BCUT2D eigenvalue weighted by atomic mass is 35.5. The maximum atomic E-state index is 12.7. The zero-order valence-corrected chi connectivity index (χ0v) is 15.0. The van der Waals surface area contributed by atoms with Crippen molar-refractivity contribution in [1.29, 1.82) is 0 Å². The number of hydrogen-bond donors (Lipinski definition) is 1. The van der Waals surface area contributed by atoms with E-state index in [1.165, 1.54) is 49.0 Å². The second-order valence-electron chi connectivity index (χ2n) is 6.44. The Kier molecular flexibility index (Phi) is 6.72. The minimum Gasteiger partial charge on any atom is -0.338 e. The smallest absolute Gasteiger partial charge is 0.263 e. The zero-order chi connectivity index (χ0) is 14.7. The quantitative estimate of drug-likeness (QED) is 0.911. The summed E-state index contributed by atoms with van der Waals surface area (Å²) in [5, 5.41) is 3.23. The Morgan fingerprint density at radius 2 is 2.09 bits per heavy atom. The summed E-state index contributed by atoms with van der Waals surface area (Å²) in [5.74, 6) is 0.894. The maximum absolute atomic E-state index is 12.7. The average Bonchev–Trinajstić information content (AvgIpc) is 3.06. The predicted molar refractivity (Wildman–Crippen MR) is 95.4 cm³/mol. The van der Waals surface area contributed by atoms with Gasteiger partial charge < -0.3 is 10.2 Å². The maximum Gasteiger partial charge on any atom is 0.263 e. The molecule has 1 amide bonds. The van der Waals surface area contributed by atoms with E-state index >= 15 is 0 Å². The van der Waals surface area contributed by atoms with Crippen LogP contribution in [0.1, 0.15) is 52.2 Å². The Morgan fingerprint density at radius 3 is 2.86 bits per heavy atom. The van der Waals surface area contributed by atoms with Crippen LogP contribution in [0.3, 0.4) is 0 Å². The summed E-state index contributed by atoms with van der Waals surface area (Å²) < 4.78 is 0. The van der Waals surface area contributed by atoms with Crippen molar-refractivity contribution < 1.29 is 4.79 Å². The number of nitrogens with one attached hydrogen (secondary N) is 1. The third-order valence-corrected chi connectivity index (χ3v) is 6.00. The molecule has 1 unspecified atom stereocenters. The summed E-state index contributed by atoms with van der Waals surface area (Å²) in [4.78, 5) is 17.2. The van der Waals surface area contributed by atoms with Crippen LogP contribution in [0.15, 0.2) is 6.07 Å². The number of thiophene rings is 1. The van der Waals surface area contributed by atoms with E-state index in [0.29, 0.717) is 5.92 Å². The number of carbonyl (C=O) groups excluding carboxylic acids is 1. The van der Waals surface area contributed by atoms with Gasteiger partial charge in [0.1, 0.15) is 0 Å². The van der Waals surface area contributed by atoms with E-state index in [-0.39, 0.29) is 18.3 Å². The summed E-state index contributed by atoms with van der Waals surface area (Å²) in [6, 6.07) is 2.19. The molecule has 0 spiro atoms. The van der Waals surface area contributed by atoms with E-state index in [0.717, 1.165) is 30.9 Å². The number of halogens is 1. The van der Waals surface area contributed by atoms with Crippen molar-refractivity contribution in [2.75, 3.05) is 26.7 Å². The summed E-state index contributed by atoms with van der Waals surface area (Å²) in [7, 11) is 1.99. The van der Waals surface area contributed by atoms with Gasteiger partial charge >= 0.3 is 0 Å². The summed E-state index contributed by atoms with van der Waals surface area (Å²) in [6.45, 7) is 2.86. The first-order valence-corrected chi connectivity index (χ1v) is 9.15. The molecule has 0 bridgehead atoms. The van der Waals surface area contributed by atoms with E-state index in [1.54, 1.807) is 11.3 Å². The first kappa shape index (κ1) is 17.8. The third-order valence-electron chi connectivity index (χ3n) is 4.77. The normalized spacial score (nSPS) is 21.7. The number of carbonyl (C=O) groups is 1. The van der Waals surface area contributed by atoms with Gasteiger partial charge in [-0.1, -0.05) is 12.8 Å². The number of nitrogens with zero attached hydrogens (tertiary/aromatic N) is 1. The van der Waals surface area contributed by atoms with Crippen LogP contribution in [0.5, 0.6) is 0 Å². The van der Waals surface area contributed by atoms with Crippen LogP contribution < -0.4 is 5.32 Å². The van der Waals surface area contributed by atoms with Gasteiger partial charge in [0.15, 0.2) is 0 Å². The molecule has 2 aliphatic rings. The number of aryl methyl sites for hydroxylation is 2. The lowest BCUT2D eigenvalue weighted by Crippen LogP contribution is -2.29. The zero-order valence-electron chi connectivity index (χ0n) is 13.4.